The first-order chi connectivity index (χ1) is 7.22. The minimum Gasteiger partial charge on any atom is -0.494 e. The van der Waals surface area contributed by atoms with Crippen molar-refractivity contribution in [3.05, 3.63) is 29.8 Å². The van der Waals surface area contributed by atoms with Crippen LogP contribution in [0.1, 0.15) is 5.82 Å². The van der Waals surface area contributed by atoms with E-state index in [0.717, 1.165) is 0 Å². The molecular weight excluding hydrogens is 199 g/mol. The smallest absolute Gasteiger partial charge is 0.261 e. The van der Waals surface area contributed by atoms with E-state index in [2.05, 4.69) is 10.1 Å². The van der Waals surface area contributed by atoms with Crippen LogP contribution in [0.15, 0.2) is 22.7 Å². The molecule has 2 rings (SSSR count). The summed E-state index contributed by atoms with van der Waals surface area (Å²) in [5.41, 5.74) is 0.245. The first-order valence-corrected chi connectivity index (χ1v) is 4.35. The van der Waals surface area contributed by atoms with Crippen LogP contribution in [0, 0.1) is 12.7 Å². The fraction of sp³-hybridized carbons (Fsp3) is 0.200. The predicted octanol–water partition coefficient (Wildman–Crippen LogP) is 2.19. The highest BCUT2D eigenvalue weighted by atomic mass is 19.1. The topological polar surface area (TPSA) is 48.2 Å². The van der Waals surface area contributed by atoms with Crippen molar-refractivity contribution in [2.24, 2.45) is 0 Å². The van der Waals surface area contributed by atoms with E-state index in [9.17, 15) is 4.39 Å². The van der Waals surface area contributed by atoms with Crippen molar-refractivity contribution in [2.75, 3.05) is 7.11 Å². The van der Waals surface area contributed by atoms with E-state index in [1.807, 2.05) is 0 Å². The van der Waals surface area contributed by atoms with E-state index in [4.69, 9.17) is 9.26 Å². The van der Waals surface area contributed by atoms with Gasteiger partial charge in [-0.1, -0.05) is 11.2 Å². The van der Waals surface area contributed by atoms with Gasteiger partial charge in [-0.15, -0.1) is 0 Å². The molecule has 0 radical (unpaired) electrons. The molecule has 0 bridgehead atoms. The van der Waals surface area contributed by atoms with E-state index in [-0.39, 0.29) is 17.2 Å². The Bertz CT molecular complexity index is 482. The van der Waals surface area contributed by atoms with Crippen LogP contribution >= 0.6 is 0 Å². The summed E-state index contributed by atoms with van der Waals surface area (Å²) in [5.74, 6) is 0.281. The summed E-state index contributed by atoms with van der Waals surface area (Å²) in [6.45, 7) is 1.67. The van der Waals surface area contributed by atoms with Gasteiger partial charge >= 0.3 is 0 Å². The van der Waals surface area contributed by atoms with Gasteiger partial charge < -0.3 is 9.26 Å². The number of aryl methyl sites for hydroxylation is 1. The minimum absolute atomic E-state index is 0.156. The molecule has 1 heterocycles. The van der Waals surface area contributed by atoms with E-state index in [0.29, 0.717) is 5.82 Å². The maximum atomic E-state index is 13.7. The fourth-order valence-corrected chi connectivity index (χ4v) is 1.24. The van der Waals surface area contributed by atoms with Crippen LogP contribution in [0.25, 0.3) is 11.5 Å². The zero-order chi connectivity index (χ0) is 10.8. The van der Waals surface area contributed by atoms with E-state index >= 15 is 0 Å². The van der Waals surface area contributed by atoms with Gasteiger partial charge in [-0.3, -0.25) is 0 Å². The SMILES string of the molecule is COc1cccc(-c2nc(C)no2)c1F. The molecule has 0 aliphatic carbocycles. The van der Waals surface area contributed by atoms with Gasteiger partial charge in [0, 0.05) is 0 Å². The summed E-state index contributed by atoms with van der Waals surface area (Å²) in [4.78, 5) is 3.94. The number of rotatable bonds is 2. The van der Waals surface area contributed by atoms with Gasteiger partial charge in [-0.25, -0.2) is 4.39 Å². The number of ether oxygens (including phenoxy) is 1. The Balaban J connectivity index is 2.53. The molecule has 0 saturated heterocycles. The Hall–Kier alpha value is -1.91. The summed E-state index contributed by atoms with van der Waals surface area (Å²) in [7, 11) is 1.40. The van der Waals surface area contributed by atoms with Crippen LogP contribution in [0.3, 0.4) is 0 Å². The summed E-state index contributed by atoms with van der Waals surface area (Å²) >= 11 is 0. The van der Waals surface area contributed by atoms with Gasteiger partial charge in [0.15, 0.2) is 17.4 Å². The molecule has 1 aromatic carbocycles. The quantitative estimate of drug-likeness (QED) is 0.759. The Kier molecular flexibility index (Phi) is 2.37. The van der Waals surface area contributed by atoms with Crippen molar-refractivity contribution in [3.8, 4) is 17.2 Å². The van der Waals surface area contributed by atoms with Crippen LogP contribution in [-0.2, 0) is 0 Å². The lowest BCUT2D eigenvalue weighted by Crippen LogP contribution is -1.91. The third kappa shape index (κ3) is 1.68. The Morgan fingerprint density at radius 2 is 2.20 bits per heavy atom. The molecule has 4 nitrogen and oxygen atoms in total. The largest absolute Gasteiger partial charge is 0.494 e. The normalized spacial score (nSPS) is 10.3. The number of hydrogen-bond donors (Lipinski definition) is 0. The van der Waals surface area contributed by atoms with Crippen molar-refractivity contribution in [1.29, 1.82) is 0 Å². The van der Waals surface area contributed by atoms with Gasteiger partial charge in [0.1, 0.15) is 0 Å². The summed E-state index contributed by atoms with van der Waals surface area (Å²) < 4.78 is 23.4. The maximum absolute atomic E-state index is 13.7. The Morgan fingerprint density at radius 1 is 1.40 bits per heavy atom. The molecule has 0 amide bonds. The summed E-state index contributed by atoms with van der Waals surface area (Å²) in [6, 6.07) is 4.75. The number of benzene rings is 1. The molecule has 15 heavy (non-hydrogen) atoms. The van der Waals surface area contributed by atoms with Crippen molar-refractivity contribution in [1.82, 2.24) is 10.1 Å². The lowest BCUT2D eigenvalue weighted by Gasteiger charge is -2.03. The van der Waals surface area contributed by atoms with E-state index in [1.165, 1.54) is 13.2 Å². The van der Waals surface area contributed by atoms with Gasteiger partial charge in [0.25, 0.3) is 5.89 Å². The second-order valence-corrected chi connectivity index (χ2v) is 2.97. The lowest BCUT2D eigenvalue weighted by atomic mass is 10.2. The molecule has 0 unspecified atom stereocenters. The first-order valence-electron chi connectivity index (χ1n) is 4.35. The second-order valence-electron chi connectivity index (χ2n) is 2.97. The van der Waals surface area contributed by atoms with Gasteiger partial charge in [-0.2, -0.15) is 4.98 Å². The third-order valence-corrected chi connectivity index (χ3v) is 1.94. The molecule has 0 saturated carbocycles. The van der Waals surface area contributed by atoms with Crippen LogP contribution in [0.5, 0.6) is 5.75 Å². The summed E-state index contributed by atoms with van der Waals surface area (Å²) in [6.07, 6.45) is 0. The maximum Gasteiger partial charge on any atom is 0.261 e. The van der Waals surface area contributed by atoms with Crippen LogP contribution < -0.4 is 4.74 Å². The second kappa shape index (κ2) is 3.68. The molecule has 5 heteroatoms. The van der Waals surface area contributed by atoms with Gasteiger partial charge in [-0.05, 0) is 19.1 Å². The molecule has 0 aliphatic heterocycles. The van der Waals surface area contributed by atoms with Crippen molar-refractivity contribution < 1.29 is 13.7 Å². The monoisotopic (exact) mass is 208 g/mol. The molecule has 78 valence electrons. The average molecular weight is 208 g/mol. The standard InChI is InChI=1S/C10H9FN2O2/c1-6-12-10(15-13-6)7-4-3-5-8(14-2)9(7)11/h3-5H,1-2H3. The molecule has 0 spiro atoms. The molecular formula is C10H9FN2O2. The van der Waals surface area contributed by atoms with Crippen LogP contribution in [0.4, 0.5) is 4.39 Å². The first kappa shape index (κ1) is 9.64. The lowest BCUT2D eigenvalue weighted by molar-refractivity contribution is 0.384. The van der Waals surface area contributed by atoms with Gasteiger partial charge in [0.2, 0.25) is 0 Å². The number of halogens is 1. The molecule has 0 aliphatic rings. The van der Waals surface area contributed by atoms with Crippen molar-refractivity contribution in [2.45, 2.75) is 6.92 Å². The molecule has 0 fully saturated rings. The van der Waals surface area contributed by atoms with Crippen LogP contribution in [0.2, 0.25) is 0 Å². The Labute approximate surface area is 85.7 Å². The van der Waals surface area contributed by atoms with Crippen molar-refractivity contribution in [3.63, 3.8) is 0 Å². The highest BCUT2D eigenvalue weighted by Crippen LogP contribution is 2.27. The molecule has 0 N–H and O–H groups in total. The highest BCUT2D eigenvalue weighted by Gasteiger charge is 2.14. The van der Waals surface area contributed by atoms with E-state index in [1.54, 1.807) is 19.1 Å². The number of hydrogen-bond acceptors (Lipinski definition) is 4. The third-order valence-electron chi connectivity index (χ3n) is 1.94. The zero-order valence-corrected chi connectivity index (χ0v) is 8.32. The van der Waals surface area contributed by atoms with E-state index < -0.39 is 5.82 Å². The molecule has 0 atom stereocenters. The fourth-order valence-electron chi connectivity index (χ4n) is 1.24. The number of nitrogens with zero attached hydrogens (tertiary/aromatic N) is 2. The zero-order valence-electron chi connectivity index (χ0n) is 8.32. The Morgan fingerprint density at radius 3 is 2.80 bits per heavy atom. The predicted molar refractivity (Wildman–Crippen MR) is 51.0 cm³/mol. The van der Waals surface area contributed by atoms with Crippen molar-refractivity contribution >= 4 is 0 Å². The van der Waals surface area contributed by atoms with Gasteiger partial charge in [0.05, 0.1) is 12.7 Å². The molecule has 1 aromatic heterocycles. The minimum atomic E-state index is -0.497. The average Bonchev–Trinajstić information content (AvgIpc) is 2.65. The molecule has 2 aromatic rings. The number of methoxy groups -OCH3 is 1. The summed E-state index contributed by atoms with van der Waals surface area (Å²) in [5, 5.41) is 3.60. The highest BCUT2D eigenvalue weighted by molar-refractivity contribution is 5.57. The number of aromatic nitrogens is 2. The van der Waals surface area contributed by atoms with Crippen LogP contribution in [-0.4, -0.2) is 17.3 Å².